The predicted octanol–water partition coefficient (Wildman–Crippen LogP) is 5.19. The lowest BCUT2D eigenvalue weighted by atomic mass is 10.0. The summed E-state index contributed by atoms with van der Waals surface area (Å²) in [6.07, 6.45) is 0. The highest BCUT2D eigenvalue weighted by molar-refractivity contribution is 7.13. The summed E-state index contributed by atoms with van der Waals surface area (Å²) in [5.41, 5.74) is 3.60. The molecule has 0 amide bonds. The molecular weight excluding hydrogens is 325 g/mol. The zero-order valence-electron chi connectivity index (χ0n) is 11.4. The summed E-state index contributed by atoms with van der Waals surface area (Å²) in [7, 11) is 0. The SMILES string of the molecule is Cc1csc(-c2nc(Cl)c(-c3ccccc3C)c(Cl)n2)n1. The fraction of sp³-hybridized carbons (Fsp3) is 0.133. The smallest absolute Gasteiger partial charge is 0.191 e. The molecule has 1 aromatic carbocycles. The average Bonchev–Trinajstić information content (AvgIpc) is 2.87. The lowest BCUT2D eigenvalue weighted by Gasteiger charge is -2.09. The van der Waals surface area contributed by atoms with Gasteiger partial charge in [-0.05, 0) is 25.0 Å². The second kappa shape index (κ2) is 5.72. The van der Waals surface area contributed by atoms with Crippen LogP contribution >= 0.6 is 34.5 Å². The predicted molar refractivity (Wildman–Crippen MR) is 88.1 cm³/mol. The normalized spacial score (nSPS) is 10.9. The lowest BCUT2D eigenvalue weighted by molar-refractivity contribution is 1.15. The van der Waals surface area contributed by atoms with Crippen LogP contribution < -0.4 is 0 Å². The molecule has 106 valence electrons. The van der Waals surface area contributed by atoms with Crippen LogP contribution in [0.2, 0.25) is 10.3 Å². The van der Waals surface area contributed by atoms with Crippen molar-refractivity contribution in [2.75, 3.05) is 0 Å². The van der Waals surface area contributed by atoms with E-state index in [0.29, 0.717) is 26.7 Å². The molecule has 6 heteroatoms. The topological polar surface area (TPSA) is 38.7 Å². The van der Waals surface area contributed by atoms with E-state index < -0.39 is 0 Å². The fourth-order valence-electron chi connectivity index (χ4n) is 2.04. The summed E-state index contributed by atoms with van der Waals surface area (Å²) >= 11 is 14.1. The molecule has 0 saturated carbocycles. The number of hydrogen-bond donors (Lipinski definition) is 0. The second-order valence-electron chi connectivity index (χ2n) is 4.61. The summed E-state index contributed by atoms with van der Waals surface area (Å²) in [6.45, 7) is 3.92. The van der Waals surface area contributed by atoms with Gasteiger partial charge >= 0.3 is 0 Å². The van der Waals surface area contributed by atoms with Gasteiger partial charge in [-0.3, -0.25) is 0 Å². The minimum atomic E-state index is 0.340. The number of aryl methyl sites for hydroxylation is 2. The van der Waals surface area contributed by atoms with Crippen LogP contribution in [-0.2, 0) is 0 Å². The molecule has 21 heavy (non-hydrogen) atoms. The van der Waals surface area contributed by atoms with Crippen molar-refractivity contribution in [1.82, 2.24) is 15.0 Å². The number of aromatic nitrogens is 3. The van der Waals surface area contributed by atoms with Gasteiger partial charge in [0.2, 0.25) is 0 Å². The van der Waals surface area contributed by atoms with Crippen LogP contribution in [0, 0.1) is 13.8 Å². The van der Waals surface area contributed by atoms with Gasteiger partial charge in [-0.1, -0.05) is 47.5 Å². The molecule has 3 rings (SSSR count). The second-order valence-corrected chi connectivity index (χ2v) is 6.19. The van der Waals surface area contributed by atoms with Crippen LogP contribution in [0.1, 0.15) is 11.3 Å². The number of benzene rings is 1. The first-order valence-corrected chi connectivity index (χ1v) is 7.91. The maximum atomic E-state index is 6.34. The standard InChI is InChI=1S/C15H11Cl2N3S/c1-8-5-3-4-6-10(8)11-12(16)19-14(20-13(11)17)15-18-9(2)7-21-15/h3-7H,1-2H3. The van der Waals surface area contributed by atoms with Crippen LogP contribution in [0.3, 0.4) is 0 Å². The Morgan fingerprint density at radius 3 is 2.19 bits per heavy atom. The van der Waals surface area contributed by atoms with E-state index in [1.165, 1.54) is 11.3 Å². The maximum Gasteiger partial charge on any atom is 0.191 e. The zero-order valence-corrected chi connectivity index (χ0v) is 13.7. The number of nitrogens with zero attached hydrogens (tertiary/aromatic N) is 3. The molecule has 0 atom stereocenters. The number of thiazole rings is 1. The summed E-state index contributed by atoms with van der Waals surface area (Å²) in [6, 6.07) is 7.86. The van der Waals surface area contributed by atoms with Crippen LogP contribution in [0.5, 0.6) is 0 Å². The molecule has 0 radical (unpaired) electrons. The number of hydrogen-bond acceptors (Lipinski definition) is 4. The molecule has 0 unspecified atom stereocenters. The van der Waals surface area contributed by atoms with Crippen molar-refractivity contribution in [3.05, 3.63) is 51.2 Å². The molecule has 0 aliphatic carbocycles. The summed E-state index contributed by atoms with van der Waals surface area (Å²) in [4.78, 5) is 13.1. The largest absolute Gasteiger partial charge is 0.238 e. The molecule has 0 aliphatic heterocycles. The Kier molecular flexibility index (Phi) is 3.93. The first-order chi connectivity index (χ1) is 10.1. The molecule has 0 saturated heterocycles. The molecule has 3 nitrogen and oxygen atoms in total. The van der Waals surface area contributed by atoms with Gasteiger partial charge in [0, 0.05) is 11.1 Å². The van der Waals surface area contributed by atoms with E-state index in [1.807, 2.05) is 43.5 Å². The van der Waals surface area contributed by atoms with E-state index in [0.717, 1.165) is 16.8 Å². The van der Waals surface area contributed by atoms with E-state index in [9.17, 15) is 0 Å². The number of halogens is 2. The quantitative estimate of drug-likeness (QED) is 0.605. The molecular formula is C15H11Cl2N3S. The van der Waals surface area contributed by atoms with Crippen molar-refractivity contribution in [2.24, 2.45) is 0 Å². The van der Waals surface area contributed by atoms with Gasteiger partial charge < -0.3 is 0 Å². The average molecular weight is 336 g/mol. The molecule has 0 fully saturated rings. The lowest BCUT2D eigenvalue weighted by Crippen LogP contribution is -1.95. The van der Waals surface area contributed by atoms with Gasteiger partial charge in [0.05, 0.1) is 5.56 Å². The Morgan fingerprint density at radius 1 is 0.952 bits per heavy atom. The molecule has 3 aromatic rings. The molecule has 2 aromatic heterocycles. The minimum Gasteiger partial charge on any atom is -0.238 e. The van der Waals surface area contributed by atoms with E-state index >= 15 is 0 Å². The van der Waals surface area contributed by atoms with Crippen molar-refractivity contribution in [2.45, 2.75) is 13.8 Å². The van der Waals surface area contributed by atoms with Gasteiger partial charge in [0.25, 0.3) is 0 Å². The Morgan fingerprint density at radius 2 is 1.62 bits per heavy atom. The Labute approximate surface area is 136 Å². The first-order valence-electron chi connectivity index (χ1n) is 6.28. The molecule has 0 bridgehead atoms. The first kappa shape index (κ1) is 14.4. The van der Waals surface area contributed by atoms with Gasteiger partial charge in [0.1, 0.15) is 10.3 Å². The maximum absolute atomic E-state index is 6.34. The van der Waals surface area contributed by atoms with E-state index in [4.69, 9.17) is 23.2 Å². The summed E-state index contributed by atoms with van der Waals surface area (Å²) in [5, 5.41) is 3.34. The van der Waals surface area contributed by atoms with Gasteiger partial charge in [-0.25, -0.2) is 15.0 Å². The highest BCUT2D eigenvalue weighted by Gasteiger charge is 2.17. The molecule has 0 N–H and O–H groups in total. The Hall–Kier alpha value is -1.49. The van der Waals surface area contributed by atoms with Gasteiger partial charge in [-0.15, -0.1) is 11.3 Å². The van der Waals surface area contributed by atoms with Gasteiger partial charge in [-0.2, -0.15) is 0 Å². The highest BCUT2D eigenvalue weighted by atomic mass is 35.5. The van der Waals surface area contributed by atoms with Crippen molar-refractivity contribution in [3.8, 4) is 22.0 Å². The van der Waals surface area contributed by atoms with Crippen LogP contribution in [0.25, 0.3) is 22.0 Å². The van der Waals surface area contributed by atoms with Crippen molar-refractivity contribution >= 4 is 34.5 Å². The van der Waals surface area contributed by atoms with Crippen LogP contribution in [-0.4, -0.2) is 15.0 Å². The molecule has 0 spiro atoms. The van der Waals surface area contributed by atoms with Crippen LogP contribution in [0.15, 0.2) is 29.6 Å². The third kappa shape index (κ3) is 2.79. The minimum absolute atomic E-state index is 0.340. The summed E-state index contributed by atoms with van der Waals surface area (Å²) in [5.74, 6) is 0.459. The molecule has 2 heterocycles. The third-order valence-electron chi connectivity index (χ3n) is 3.05. The van der Waals surface area contributed by atoms with Gasteiger partial charge in [0.15, 0.2) is 10.8 Å². The van der Waals surface area contributed by atoms with E-state index in [2.05, 4.69) is 15.0 Å². The third-order valence-corrected chi connectivity index (χ3v) is 4.55. The summed E-state index contributed by atoms with van der Waals surface area (Å²) < 4.78 is 0. The number of rotatable bonds is 2. The van der Waals surface area contributed by atoms with Crippen molar-refractivity contribution in [3.63, 3.8) is 0 Å². The van der Waals surface area contributed by atoms with Crippen LogP contribution in [0.4, 0.5) is 0 Å². The van der Waals surface area contributed by atoms with E-state index in [-0.39, 0.29) is 0 Å². The zero-order chi connectivity index (χ0) is 15.0. The van der Waals surface area contributed by atoms with E-state index in [1.54, 1.807) is 0 Å². The van der Waals surface area contributed by atoms with Crippen molar-refractivity contribution in [1.29, 1.82) is 0 Å². The highest BCUT2D eigenvalue weighted by Crippen LogP contribution is 2.36. The monoisotopic (exact) mass is 335 g/mol. The Bertz CT molecular complexity index is 791. The fourth-order valence-corrected chi connectivity index (χ4v) is 3.36. The van der Waals surface area contributed by atoms with Crippen molar-refractivity contribution < 1.29 is 0 Å². The Balaban J connectivity index is 2.15. The molecule has 0 aliphatic rings.